The van der Waals surface area contributed by atoms with Crippen molar-refractivity contribution >= 4 is 35.1 Å². The van der Waals surface area contributed by atoms with E-state index in [1.54, 1.807) is 12.2 Å². The van der Waals surface area contributed by atoms with Crippen LogP contribution in [-0.2, 0) is 19.1 Å². The lowest BCUT2D eigenvalue weighted by atomic mass is 10.0. The van der Waals surface area contributed by atoms with Crippen LogP contribution in [0, 0.1) is 0 Å². The third-order valence-corrected chi connectivity index (χ3v) is 2.50. The Labute approximate surface area is 103 Å². The van der Waals surface area contributed by atoms with Crippen LogP contribution in [0.4, 0.5) is 0 Å². The summed E-state index contributed by atoms with van der Waals surface area (Å²) >= 11 is 10.6. The molecule has 2 unspecified atom stereocenters. The largest absolute Gasteiger partial charge is 0.457 e. The van der Waals surface area contributed by atoms with Crippen molar-refractivity contribution in [1.82, 2.24) is 0 Å². The van der Waals surface area contributed by atoms with Gasteiger partial charge in [-0.15, -0.1) is 23.2 Å². The molecular weight excluding hydrogens is 255 g/mol. The van der Waals surface area contributed by atoms with E-state index in [2.05, 4.69) is 0 Å². The van der Waals surface area contributed by atoms with Crippen LogP contribution in [0.25, 0.3) is 0 Å². The Bertz CT molecular complexity index is 263. The van der Waals surface area contributed by atoms with Crippen LogP contribution >= 0.6 is 23.2 Å². The highest BCUT2D eigenvalue weighted by Gasteiger charge is 2.20. The Kier molecular flexibility index (Phi) is 5.63. The third-order valence-electron chi connectivity index (χ3n) is 2.06. The summed E-state index contributed by atoms with van der Waals surface area (Å²) < 4.78 is 9.99. The lowest BCUT2D eigenvalue weighted by Crippen LogP contribution is -2.26. The highest BCUT2D eigenvalue weighted by atomic mass is 35.5. The lowest BCUT2D eigenvalue weighted by molar-refractivity contribution is -0.148. The van der Waals surface area contributed by atoms with Gasteiger partial charge in [-0.05, 0) is 25.0 Å². The fraction of sp³-hybridized carbons (Fsp3) is 0.600. The topological polar surface area (TPSA) is 52.6 Å². The molecule has 1 aliphatic rings. The predicted octanol–water partition coefficient (Wildman–Crippen LogP) is 1.64. The van der Waals surface area contributed by atoms with Crippen LogP contribution in [0.15, 0.2) is 12.2 Å². The molecule has 90 valence electrons. The number of hydrogen-bond acceptors (Lipinski definition) is 4. The molecule has 0 heterocycles. The summed E-state index contributed by atoms with van der Waals surface area (Å²) in [5, 5.41) is 0. The number of esters is 2. The first-order valence-electron chi connectivity index (χ1n) is 4.85. The summed E-state index contributed by atoms with van der Waals surface area (Å²) in [7, 11) is 0. The second kappa shape index (κ2) is 6.76. The SMILES string of the molecule is O=C(CCl)OC1C=CC(OC(=O)CCl)CC1. The van der Waals surface area contributed by atoms with Crippen LogP contribution in [0.3, 0.4) is 0 Å². The Morgan fingerprint density at radius 2 is 1.38 bits per heavy atom. The highest BCUT2D eigenvalue weighted by Crippen LogP contribution is 2.17. The van der Waals surface area contributed by atoms with Gasteiger partial charge in [-0.3, -0.25) is 9.59 Å². The smallest absolute Gasteiger partial charge is 0.321 e. The molecule has 0 saturated heterocycles. The molecule has 0 N–H and O–H groups in total. The molecule has 0 bridgehead atoms. The van der Waals surface area contributed by atoms with Gasteiger partial charge in [0.25, 0.3) is 0 Å². The maximum Gasteiger partial charge on any atom is 0.321 e. The molecule has 16 heavy (non-hydrogen) atoms. The average molecular weight is 267 g/mol. The number of carbonyl (C=O) groups excluding carboxylic acids is 2. The fourth-order valence-electron chi connectivity index (χ4n) is 1.37. The summed E-state index contributed by atoms with van der Waals surface area (Å²) in [4.78, 5) is 21.8. The quantitative estimate of drug-likeness (QED) is 0.441. The minimum Gasteiger partial charge on any atom is -0.457 e. The molecular formula is C10H12Cl2O4. The van der Waals surface area contributed by atoms with E-state index in [-0.39, 0.29) is 24.0 Å². The first kappa shape index (κ1) is 13.3. The third kappa shape index (κ3) is 4.41. The molecule has 1 aliphatic carbocycles. The summed E-state index contributed by atoms with van der Waals surface area (Å²) in [5.74, 6) is -1.22. The van der Waals surface area contributed by atoms with E-state index in [0.29, 0.717) is 12.8 Å². The van der Waals surface area contributed by atoms with Crippen molar-refractivity contribution in [1.29, 1.82) is 0 Å². The predicted molar refractivity (Wildman–Crippen MR) is 59.6 cm³/mol. The van der Waals surface area contributed by atoms with Crippen molar-refractivity contribution in [3.63, 3.8) is 0 Å². The fourth-order valence-corrected chi connectivity index (χ4v) is 1.49. The number of carbonyl (C=O) groups is 2. The minimum absolute atomic E-state index is 0.158. The van der Waals surface area contributed by atoms with Gasteiger partial charge in [0, 0.05) is 0 Å². The molecule has 0 fully saturated rings. The van der Waals surface area contributed by atoms with E-state index in [9.17, 15) is 9.59 Å². The minimum atomic E-state index is -0.451. The molecule has 2 atom stereocenters. The second-order valence-corrected chi connectivity index (χ2v) is 3.82. The molecule has 6 heteroatoms. The van der Waals surface area contributed by atoms with Crippen molar-refractivity contribution in [3.8, 4) is 0 Å². The van der Waals surface area contributed by atoms with E-state index < -0.39 is 11.9 Å². The Morgan fingerprint density at radius 1 is 1.00 bits per heavy atom. The van der Waals surface area contributed by atoms with E-state index in [1.807, 2.05) is 0 Å². The van der Waals surface area contributed by atoms with Gasteiger partial charge in [-0.2, -0.15) is 0 Å². The van der Waals surface area contributed by atoms with Crippen LogP contribution in [0.5, 0.6) is 0 Å². The number of alkyl halides is 2. The Morgan fingerprint density at radius 3 is 1.62 bits per heavy atom. The zero-order valence-corrected chi connectivity index (χ0v) is 10.0. The van der Waals surface area contributed by atoms with Crippen molar-refractivity contribution in [3.05, 3.63) is 12.2 Å². The number of rotatable bonds is 4. The molecule has 0 aromatic heterocycles. The molecule has 0 spiro atoms. The molecule has 0 radical (unpaired) electrons. The second-order valence-electron chi connectivity index (χ2n) is 3.29. The van der Waals surface area contributed by atoms with Gasteiger partial charge in [0.05, 0.1) is 0 Å². The molecule has 0 saturated carbocycles. The molecule has 1 rings (SSSR count). The Balaban J connectivity index is 2.36. The van der Waals surface area contributed by atoms with Crippen molar-refractivity contribution in [2.45, 2.75) is 25.0 Å². The van der Waals surface area contributed by atoms with Gasteiger partial charge >= 0.3 is 11.9 Å². The van der Waals surface area contributed by atoms with E-state index in [0.717, 1.165) is 0 Å². The normalized spacial score (nSPS) is 23.9. The van der Waals surface area contributed by atoms with E-state index in [1.165, 1.54) is 0 Å². The van der Waals surface area contributed by atoms with E-state index >= 15 is 0 Å². The van der Waals surface area contributed by atoms with Crippen LogP contribution in [0.2, 0.25) is 0 Å². The molecule has 0 aromatic carbocycles. The molecule has 0 aromatic rings. The van der Waals surface area contributed by atoms with E-state index in [4.69, 9.17) is 32.7 Å². The standard InChI is InChI=1S/C10H12Cl2O4/c11-5-9(13)15-7-1-2-8(4-3-7)16-10(14)6-12/h1-2,7-8H,3-6H2. The van der Waals surface area contributed by atoms with Gasteiger partial charge in [-0.25, -0.2) is 0 Å². The summed E-state index contributed by atoms with van der Waals surface area (Å²) in [5.41, 5.74) is 0. The number of halogens is 2. The zero-order valence-electron chi connectivity index (χ0n) is 8.53. The lowest BCUT2D eigenvalue weighted by Gasteiger charge is -2.22. The van der Waals surface area contributed by atoms with Gasteiger partial charge in [0.2, 0.25) is 0 Å². The molecule has 0 amide bonds. The van der Waals surface area contributed by atoms with Crippen LogP contribution in [-0.4, -0.2) is 35.9 Å². The van der Waals surface area contributed by atoms with Crippen molar-refractivity contribution in [2.75, 3.05) is 11.8 Å². The molecule has 4 nitrogen and oxygen atoms in total. The summed E-state index contributed by atoms with van der Waals surface area (Å²) in [6.07, 6.45) is 4.05. The van der Waals surface area contributed by atoms with Crippen LogP contribution in [0.1, 0.15) is 12.8 Å². The monoisotopic (exact) mass is 266 g/mol. The van der Waals surface area contributed by atoms with Crippen LogP contribution < -0.4 is 0 Å². The first-order valence-corrected chi connectivity index (χ1v) is 5.92. The molecule has 0 aliphatic heterocycles. The van der Waals surface area contributed by atoms with Gasteiger partial charge in [0.15, 0.2) is 0 Å². The Hall–Kier alpha value is -0.740. The first-order chi connectivity index (χ1) is 7.65. The van der Waals surface area contributed by atoms with Gasteiger partial charge < -0.3 is 9.47 Å². The maximum absolute atomic E-state index is 10.9. The van der Waals surface area contributed by atoms with Crippen molar-refractivity contribution in [2.24, 2.45) is 0 Å². The van der Waals surface area contributed by atoms with Crippen molar-refractivity contribution < 1.29 is 19.1 Å². The summed E-state index contributed by atoms with van der Waals surface area (Å²) in [6, 6.07) is 0. The zero-order chi connectivity index (χ0) is 12.0. The maximum atomic E-state index is 10.9. The van der Waals surface area contributed by atoms with Gasteiger partial charge in [0.1, 0.15) is 24.0 Å². The average Bonchev–Trinajstić information content (AvgIpc) is 2.31. The van der Waals surface area contributed by atoms with Gasteiger partial charge in [-0.1, -0.05) is 0 Å². The number of ether oxygens (including phenoxy) is 2. The summed E-state index contributed by atoms with van der Waals surface area (Å²) in [6.45, 7) is 0. The highest BCUT2D eigenvalue weighted by molar-refractivity contribution is 6.26. The number of hydrogen-bond donors (Lipinski definition) is 0.